The summed E-state index contributed by atoms with van der Waals surface area (Å²) in [6, 6.07) is 13.0. The van der Waals surface area contributed by atoms with Gasteiger partial charge in [-0.3, -0.25) is 9.59 Å². The van der Waals surface area contributed by atoms with Crippen LogP contribution in [0.1, 0.15) is 12.0 Å². The molecule has 0 fully saturated rings. The number of alkyl carbamates (subject to hydrolysis) is 1. The second-order valence-corrected chi connectivity index (χ2v) is 6.94. The zero-order chi connectivity index (χ0) is 23.3. The summed E-state index contributed by atoms with van der Waals surface area (Å²) < 4.78 is 23.5. The summed E-state index contributed by atoms with van der Waals surface area (Å²) in [7, 11) is 0. The fourth-order valence-electron chi connectivity index (χ4n) is 2.35. The highest BCUT2D eigenvalue weighted by Gasteiger charge is 2.09. The van der Waals surface area contributed by atoms with Crippen molar-refractivity contribution in [2.75, 3.05) is 19.7 Å². The van der Waals surface area contributed by atoms with E-state index < -0.39 is 23.7 Å². The standard InChI is InChI=1S/C22H23ClFN3O5/c1-15(27-21(29)14-31-17-7-8-18(23)19(24)11-17)9-10-25-20(28)12-26-22(30)32-13-16-5-3-2-4-6-16/h2-8,11H,1,9-10,12-14H2,(H,25,28)(H,26,30)(H,27,29). The Morgan fingerprint density at radius 1 is 1.03 bits per heavy atom. The molecule has 2 rings (SSSR count). The lowest BCUT2D eigenvalue weighted by atomic mass is 10.2. The molecule has 0 aliphatic heterocycles. The number of benzene rings is 2. The van der Waals surface area contributed by atoms with Gasteiger partial charge in [0.05, 0.1) is 11.6 Å². The molecule has 0 radical (unpaired) electrons. The molecule has 0 saturated heterocycles. The van der Waals surface area contributed by atoms with Crippen molar-refractivity contribution < 1.29 is 28.2 Å². The molecule has 2 aromatic rings. The van der Waals surface area contributed by atoms with Crippen LogP contribution in [0.4, 0.5) is 9.18 Å². The van der Waals surface area contributed by atoms with E-state index in [0.29, 0.717) is 5.70 Å². The van der Waals surface area contributed by atoms with Gasteiger partial charge in [-0.1, -0.05) is 48.5 Å². The first-order valence-electron chi connectivity index (χ1n) is 9.60. The number of halogens is 2. The van der Waals surface area contributed by atoms with Crippen molar-refractivity contribution in [1.82, 2.24) is 16.0 Å². The molecule has 0 aliphatic rings. The van der Waals surface area contributed by atoms with E-state index >= 15 is 0 Å². The van der Waals surface area contributed by atoms with Crippen molar-refractivity contribution in [3.05, 3.63) is 77.2 Å². The van der Waals surface area contributed by atoms with Crippen molar-refractivity contribution in [2.24, 2.45) is 0 Å². The number of carbonyl (C=O) groups excluding carboxylic acids is 3. The van der Waals surface area contributed by atoms with Crippen LogP contribution >= 0.6 is 11.6 Å². The first-order chi connectivity index (χ1) is 15.3. The molecule has 0 heterocycles. The van der Waals surface area contributed by atoms with E-state index in [4.69, 9.17) is 21.1 Å². The molecular weight excluding hydrogens is 441 g/mol. The van der Waals surface area contributed by atoms with Crippen LogP contribution < -0.4 is 20.7 Å². The van der Waals surface area contributed by atoms with E-state index in [-0.39, 0.29) is 43.5 Å². The molecule has 32 heavy (non-hydrogen) atoms. The summed E-state index contributed by atoms with van der Waals surface area (Å²) in [5, 5.41) is 7.39. The number of nitrogens with one attached hydrogen (secondary N) is 3. The average Bonchev–Trinajstić information content (AvgIpc) is 2.77. The van der Waals surface area contributed by atoms with Crippen LogP contribution in [0.15, 0.2) is 60.8 Å². The maximum atomic E-state index is 13.3. The number of carbonyl (C=O) groups is 3. The van der Waals surface area contributed by atoms with E-state index in [1.807, 2.05) is 30.3 Å². The monoisotopic (exact) mass is 463 g/mol. The van der Waals surface area contributed by atoms with Gasteiger partial charge in [0.2, 0.25) is 5.91 Å². The van der Waals surface area contributed by atoms with E-state index in [1.54, 1.807) is 0 Å². The first kappa shape index (κ1) is 24.7. The highest BCUT2D eigenvalue weighted by Crippen LogP contribution is 2.20. The molecule has 10 heteroatoms. The summed E-state index contributed by atoms with van der Waals surface area (Å²) in [5.74, 6) is -1.40. The first-order valence-corrected chi connectivity index (χ1v) is 9.98. The summed E-state index contributed by atoms with van der Waals surface area (Å²) in [6.45, 7) is 3.39. The Hall–Kier alpha value is -3.59. The Morgan fingerprint density at radius 3 is 2.50 bits per heavy atom. The van der Waals surface area contributed by atoms with Gasteiger partial charge in [-0.05, 0) is 17.7 Å². The molecule has 170 valence electrons. The molecule has 8 nitrogen and oxygen atoms in total. The summed E-state index contributed by atoms with van der Waals surface area (Å²) >= 11 is 5.58. The van der Waals surface area contributed by atoms with E-state index in [9.17, 15) is 18.8 Å². The van der Waals surface area contributed by atoms with Gasteiger partial charge in [0.15, 0.2) is 6.61 Å². The van der Waals surface area contributed by atoms with Crippen LogP contribution in [0, 0.1) is 5.82 Å². The summed E-state index contributed by atoms with van der Waals surface area (Å²) in [6.07, 6.45) is -0.438. The lowest BCUT2D eigenvalue weighted by Crippen LogP contribution is -2.38. The van der Waals surface area contributed by atoms with Crippen LogP contribution in [0.3, 0.4) is 0 Å². The van der Waals surface area contributed by atoms with Gasteiger partial charge in [0, 0.05) is 24.7 Å². The van der Waals surface area contributed by atoms with Gasteiger partial charge in [0.25, 0.3) is 5.91 Å². The predicted molar refractivity (Wildman–Crippen MR) is 116 cm³/mol. The SMILES string of the molecule is C=C(CCNC(=O)CNC(=O)OCc1ccccc1)NC(=O)COc1ccc(Cl)c(F)c1. The normalized spacial score (nSPS) is 10.1. The van der Waals surface area contributed by atoms with E-state index in [1.165, 1.54) is 12.1 Å². The van der Waals surface area contributed by atoms with Crippen molar-refractivity contribution in [3.8, 4) is 5.75 Å². The third kappa shape index (κ3) is 9.48. The van der Waals surface area contributed by atoms with Crippen LogP contribution in [0.2, 0.25) is 5.02 Å². The third-order valence-corrected chi connectivity index (χ3v) is 4.24. The minimum Gasteiger partial charge on any atom is -0.484 e. The van der Waals surface area contributed by atoms with Gasteiger partial charge in [-0.25, -0.2) is 9.18 Å². The molecule has 3 amide bonds. The van der Waals surface area contributed by atoms with Crippen molar-refractivity contribution in [2.45, 2.75) is 13.0 Å². The smallest absolute Gasteiger partial charge is 0.407 e. The number of rotatable bonds is 11. The molecular formula is C22H23ClFN3O5. The Balaban J connectivity index is 1.55. The van der Waals surface area contributed by atoms with E-state index in [0.717, 1.165) is 11.6 Å². The highest BCUT2D eigenvalue weighted by molar-refractivity contribution is 6.30. The van der Waals surface area contributed by atoms with Crippen molar-refractivity contribution in [3.63, 3.8) is 0 Å². The topological polar surface area (TPSA) is 106 Å². The van der Waals surface area contributed by atoms with Gasteiger partial charge >= 0.3 is 6.09 Å². The van der Waals surface area contributed by atoms with Gasteiger partial charge in [-0.2, -0.15) is 0 Å². The second-order valence-electron chi connectivity index (χ2n) is 6.53. The Bertz CT molecular complexity index is 956. The van der Waals surface area contributed by atoms with Crippen molar-refractivity contribution in [1.29, 1.82) is 0 Å². The minimum absolute atomic E-state index is 0.0449. The number of hydrogen-bond acceptors (Lipinski definition) is 5. The molecule has 0 atom stereocenters. The quantitative estimate of drug-likeness (QED) is 0.475. The Labute approximate surface area is 189 Å². The maximum absolute atomic E-state index is 13.3. The molecule has 0 saturated carbocycles. The predicted octanol–water partition coefficient (Wildman–Crippen LogP) is 2.92. The molecule has 0 bridgehead atoms. The van der Waals surface area contributed by atoms with Gasteiger partial charge in [0.1, 0.15) is 18.2 Å². The molecule has 3 N–H and O–H groups in total. The number of ether oxygens (including phenoxy) is 2. The summed E-state index contributed by atoms with van der Waals surface area (Å²) in [4.78, 5) is 35.2. The lowest BCUT2D eigenvalue weighted by Gasteiger charge is -2.11. The molecule has 2 aromatic carbocycles. The van der Waals surface area contributed by atoms with Crippen LogP contribution in [-0.4, -0.2) is 37.6 Å². The Kier molecular flexibility index (Phi) is 9.99. The van der Waals surface area contributed by atoms with Crippen molar-refractivity contribution >= 4 is 29.5 Å². The second kappa shape index (κ2) is 13.0. The van der Waals surface area contributed by atoms with Crippen LogP contribution in [0.5, 0.6) is 5.75 Å². The zero-order valence-corrected chi connectivity index (χ0v) is 17.9. The lowest BCUT2D eigenvalue weighted by molar-refractivity contribution is -0.122. The maximum Gasteiger partial charge on any atom is 0.407 e. The third-order valence-electron chi connectivity index (χ3n) is 3.93. The fraction of sp³-hybridized carbons (Fsp3) is 0.227. The summed E-state index contributed by atoms with van der Waals surface area (Å²) in [5.41, 5.74) is 1.19. The van der Waals surface area contributed by atoms with Gasteiger partial charge in [-0.15, -0.1) is 0 Å². The highest BCUT2D eigenvalue weighted by atomic mass is 35.5. The van der Waals surface area contributed by atoms with Crippen LogP contribution in [0.25, 0.3) is 0 Å². The zero-order valence-electron chi connectivity index (χ0n) is 17.2. The number of hydrogen-bond donors (Lipinski definition) is 3. The number of amides is 3. The Morgan fingerprint density at radius 2 is 1.78 bits per heavy atom. The molecule has 0 aliphatic carbocycles. The van der Waals surface area contributed by atoms with E-state index in [2.05, 4.69) is 22.5 Å². The average molecular weight is 464 g/mol. The molecule has 0 aromatic heterocycles. The molecule has 0 unspecified atom stereocenters. The molecule has 0 spiro atoms. The fourth-order valence-corrected chi connectivity index (χ4v) is 2.47. The largest absolute Gasteiger partial charge is 0.484 e. The van der Waals surface area contributed by atoms with Gasteiger partial charge < -0.3 is 25.4 Å². The van der Waals surface area contributed by atoms with Crippen LogP contribution in [-0.2, 0) is 20.9 Å². The minimum atomic E-state index is -0.707.